The van der Waals surface area contributed by atoms with Crippen LogP contribution in [0, 0.1) is 13.0 Å². The van der Waals surface area contributed by atoms with Crippen LogP contribution in [0.1, 0.15) is 5.56 Å². The lowest BCUT2D eigenvalue weighted by atomic mass is 10.0. The van der Waals surface area contributed by atoms with Crippen LogP contribution in [0.25, 0.3) is 33.0 Å². The molecule has 0 N–H and O–H groups in total. The van der Waals surface area contributed by atoms with Gasteiger partial charge in [0.1, 0.15) is 0 Å². The van der Waals surface area contributed by atoms with Crippen LogP contribution < -0.4 is 0 Å². The lowest BCUT2D eigenvalue weighted by molar-refractivity contribution is 1.50. The van der Waals surface area contributed by atoms with Gasteiger partial charge in [-0.2, -0.15) is 0 Å². The minimum atomic E-state index is 1.21. The monoisotopic (exact) mass is 215 g/mol. The molecule has 0 heterocycles. The van der Waals surface area contributed by atoms with Crippen LogP contribution in [0.4, 0.5) is 0 Å². The van der Waals surface area contributed by atoms with Crippen LogP contribution in [-0.2, 0) is 0 Å². The van der Waals surface area contributed by atoms with Crippen molar-refractivity contribution in [2.24, 2.45) is 0 Å². The van der Waals surface area contributed by atoms with E-state index >= 15 is 0 Å². The van der Waals surface area contributed by atoms with E-state index in [1.165, 1.54) is 38.6 Å². The second-order valence-electron chi connectivity index (χ2n) is 4.64. The third kappa shape index (κ3) is 1.07. The van der Waals surface area contributed by atoms with E-state index in [-0.39, 0.29) is 0 Å². The van der Waals surface area contributed by atoms with Crippen molar-refractivity contribution in [3.8, 4) is 22.3 Å². The summed E-state index contributed by atoms with van der Waals surface area (Å²) in [7, 11) is 0. The lowest BCUT2D eigenvalue weighted by Gasteiger charge is -2.03. The summed E-state index contributed by atoms with van der Waals surface area (Å²) < 4.78 is 0. The van der Waals surface area contributed by atoms with E-state index in [1.54, 1.807) is 0 Å². The number of fused-ring (bicyclic) bond motifs is 3. The molecule has 0 bridgehead atoms. The molecule has 0 atom stereocenters. The third-order valence-corrected chi connectivity index (χ3v) is 3.53. The third-order valence-electron chi connectivity index (χ3n) is 3.53. The zero-order chi connectivity index (χ0) is 11.4. The Morgan fingerprint density at radius 1 is 0.824 bits per heavy atom. The molecule has 0 unspecified atom stereocenters. The minimum Gasteiger partial charge on any atom is -0.0616 e. The van der Waals surface area contributed by atoms with Crippen molar-refractivity contribution >= 4 is 10.8 Å². The molecule has 4 rings (SSSR count). The highest BCUT2D eigenvalue weighted by molar-refractivity contribution is 6.15. The summed E-state index contributed by atoms with van der Waals surface area (Å²) in [5.41, 5.74) is 6.49. The number of hydrogen-bond acceptors (Lipinski definition) is 0. The first-order valence-electron chi connectivity index (χ1n) is 5.90. The summed E-state index contributed by atoms with van der Waals surface area (Å²) in [5.74, 6) is 0. The molecule has 0 saturated heterocycles. The molecule has 0 aromatic heterocycles. The summed E-state index contributed by atoms with van der Waals surface area (Å²) in [6, 6.07) is 20.9. The number of hydrogen-bond donors (Lipinski definition) is 0. The molecule has 17 heavy (non-hydrogen) atoms. The van der Waals surface area contributed by atoms with E-state index in [0.717, 1.165) is 0 Å². The summed E-state index contributed by atoms with van der Waals surface area (Å²) in [6.45, 7) is 2.11. The largest absolute Gasteiger partial charge is 0.0616 e. The average molecular weight is 215 g/mol. The molecule has 0 nitrogen and oxygen atoms in total. The van der Waals surface area contributed by atoms with Gasteiger partial charge in [0.05, 0.1) is 0 Å². The van der Waals surface area contributed by atoms with Crippen LogP contribution in [0.5, 0.6) is 0 Å². The predicted molar refractivity (Wildman–Crippen MR) is 72.0 cm³/mol. The molecule has 1 aliphatic carbocycles. The van der Waals surface area contributed by atoms with E-state index in [2.05, 4.69) is 61.5 Å². The fraction of sp³-hybridized carbons (Fsp3) is 0.0588. The molecule has 0 heteroatoms. The molecule has 3 aromatic carbocycles. The second kappa shape index (κ2) is 2.98. The highest BCUT2D eigenvalue weighted by Crippen LogP contribution is 2.46. The van der Waals surface area contributed by atoms with Gasteiger partial charge in [0.2, 0.25) is 0 Å². The number of aryl methyl sites for hydroxylation is 1. The van der Waals surface area contributed by atoms with Gasteiger partial charge >= 0.3 is 0 Å². The van der Waals surface area contributed by atoms with Crippen molar-refractivity contribution < 1.29 is 0 Å². The highest BCUT2D eigenvalue weighted by Gasteiger charge is 2.20. The maximum absolute atomic E-state index is 3.51. The number of benzene rings is 3. The molecule has 0 saturated carbocycles. The fourth-order valence-corrected chi connectivity index (χ4v) is 2.86. The molecule has 79 valence electrons. The van der Waals surface area contributed by atoms with Gasteiger partial charge in [-0.05, 0) is 51.6 Å². The molecular weight excluding hydrogens is 204 g/mol. The quantitative estimate of drug-likeness (QED) is 0.402. The molecule has 0 fully saturated rings. The van der Waals surface area contributed by atoms with E-state index in [4.69, 9.17) is 0 Å². The average Bonchev–Trinajstić information content (AvgIpc) is 2.67. The van der Waals surface area contributed by atoms with Crippen molar-refractivity contribution in [1.82, 2.24) is 0 Å². The van der Waals surface area contributed by atoms with Crippen LogP contribution in [-0.4, -0.2) is 0 Å². The molecule has 3 aromatic rings. The van der Waals surface area contributed by atoms with Crippen molar-refractivity contribution in [3.63, 3.8) is 0 Å². The summed E-state index contributed by atoms with van der Waals surface area (Å²) in [6.07, 6.45) is 0. The Kier molecular flexibility index (Phi) is 1.58. The van der Waals surface area contributed by atoms with Crippen molar-refractivity contribution in [2.75, 3.05) is 0 Å². The second-order valence-corrected chi connectivity index (χ2v) is 4.64. The first-order valence-corrected chi connectivity index (χ1v) is 5.90. The van der Waals surface area contributed by atoms with Crippen LogP contribution in [0.2, 0.25) is 0 Å². The molecule has 0 spiro atoms. The first kappa shape index (κ1) is 9.00. The van der Waals surface area contributed by atoms with Gasteiger partial charge in [-0.25, -0.2) is 0 Å². The maximum Gasteiger partial charge on any atom is -0.00113 e. The summed E-state index contributed by atoms with van der Waals surface area (Å²) in [5, 5.41) is 2.68. The van der Waals surface area contributed by atoms with Gasteiger partial charge in [0, 0.05) is 0 Å². The Morgan fingerprint density at radius 3 is 2.47 bits per heavy atom. The van der Waals surface area contributed by atoms with E-state index in [0.29, 0.717) is 0 Å². The Hall–Kier alpha value is -2.08. The Morgan fingerprint density at radius 2 is 1.59 bits per heavy atom. The zero-order valence-corrected chi connectivity index (χ0v) is 9.62. The fourth-order valence-electron chi connectivity index (χ4n) is 2.86. The van der Waals surface area contributed by atoms with Crippen LogP contribution >= 0.6 is 0 Å². The topological polar surface area (TPSA) is 0 Å². The predicted octanol–water partition coefficient (Wildman–Crippen LogP) is 4.60. The molecular formula is C17H11. The van der Waals surface area contributed by atoms with Gasteiger partial charge in [-0.1, -0.05) is 48.5 Å². The van der Waals surface area contributed by atoms with Crippen molar-refractivity contribution in [1.29, 1.82) is 0 Å². The first-order chi connectivity index (χ1) is 8.34. The molecule has 1 radical (unpaired) electrons. The van der Waals surface area contributed by atoms with E-state index in [9.17, 15) is 0 Å². The maximum atomic E-state index is 3.51. The normalized spacial score (nSPS) is 11.8. The molecule has 0 amide bonds. The Bertz CT molecular complexity index is 751. The standard InChI is InChI=1S/C17H11/c1-11-9-12-5-4-8-15-13-6-2-3-7-14(13)16(10-11)17(12)15/h2-9H,1H3. The van der Waals surface area contributed by atoms with Gasteiger partial charge in [0.15, 0.2) is 0 Å². The Labute approximate surface area is 101 Å². The van der Waals surface area contributed by atoms with Gasteiger partial charge in [-0.3, -0.25) is 0 Å². The SMILES string of the molecule is Cc1[c]c2c3c(cccc3c1)-c1ccccc1-2. The summed E-state index contributed by atoms with van der Waals surface area (Å²) in [4.78, 5) is 0. The van der Waals surface area contributed by atoms with Gasteiger partial charge < -0.3 is 0 Å². The minimum absolute atomic E-state index is 1.21. The molecule has 1 aliphatic rings. The summed E-state index contributed by atoms with van der Waals surface area (Å²) >= 11 is 0. The van der Waals surface area contributed by atoms with Crippen LogP contribution in [0.15, 0.2) is 48.5 Å². The van der Waals surface area contributed by atoms with E-state index < -0.39 is 0 Å². The van der Waals surface area contributed by atoms with Gasteiger partial charge in [-0.15, -0.1) is 0 Å². The molecule has 0 aliphatic heterocycles. The number of rotatable bonds is 0. The smallest absolute Gasteiger partial charge is 0.00113 e. The van der Waals surface area contributed by atoms with E-state index in [1.807, 2.05) is 0 Å². The van der Waals surface area contributed by atoms with Crippen LogP contribution in [0.3, 0.4) is 0 Å². The van der Waals surface area contributed by atoms with Crippen molar-refractivity contribution in [2.45, 2.75) is 6.92 Å². The van der Waals surface area contributed by atoms with Crippen molar-refractivity contribution in [3.05, 3.63) is 60.2 Å². The zero-order valence-electron chi connectivity index (χ0n) is 9.62. The highest BCUT2D eigenvalue weighted by atomic mass is 14.2. The van der Waals surface area contributed by atoms with Gasteiger partial charge in [0.25, 0.3) is 0 Å². The Balaban J connectivity index is 2.30. The lowest BCUT2D eigenvalue weighted by Crippen LogP contribution is -1.79.